The molecule has 0 fully saturated rings. The molecule has 0 aliphatic rings. The summed E-state index contributed by atoms with van der Waals surface area (Å²) >= 11 is 0. The Bertz CT molecular complexity index is 502. The predicted octanol–water partition coefficient (Wildman–Crippen LogP) is 1.56. The van der Waals surface area contributed by atoms with Crippen LogP contribution in [0.2, 0.25) is 0 Å². The first-order valence-electron chi connectivity index (χ1n) is 4.28. The quantitative estimate of drug-likeness (QED) is 0.428. The second-order valence-corrected chi connectivity index (χ2v) is 3.04. The smallest absolute Gasteiger partial charge is 0.338 e. The first-order chi connectivity index (χ1) is 7.51. The Kier molecular flexibility index (Phi) is 3.20. The Balaban J connectivity index is 3.44. The van der Waals surface area contributed by atoms with Gasteiger partial charge in [0.2, 0.25) is 0 Å². The predicted molar refractivity (Wildman–Crippen MR) is 53.9 cm³/mol. The number of carbonyl (C=O) groups is 1. The van der Waals surface area contributed by atoms with Crippen molar-refractivity contribution in [2.75, 3.05) is 7.11 Å². The van der Waals surface area contributed by atoms with E-state index in [9.17, 15) is 14.9 Å². The van der Waals surface area contributed by atoms with Gasteiger partial charge < -0.3 is 4.74 Å². The van der Waals surface area contributed by atoms with Gasteiger partial charge in [-0.1, -0.05) is 0 Å². The summed E-state index contributed by atoms with van der Waals surface area (Å²) in [7, 11) is 1.20. The SMILES string of the molecule is COC(=O)c1cc(C#N)c([N+](=O)[O-])cc1C. The Hall–Kier alpha value is -2.42. The lowest BCUT2D eigenvalue weighted by atomic mass is 10.0. The van der Waals surface area contributed by atoms with Crippen molar-refractivity contribution >= 4 is 11.7 Å². The molecule has 0 radical (unpaired) electrons. The standard InChI is InChI=1S/C10H8N2O4/c1-6-3-9(12(14)15)7(5-11)4-8(6)10(13)16-2/h3-4H,1-2H3. The third kappa shape index (κ3) is 1.98. The van der Waals surface area contributed by atoms with E-state index < -0.39 is 10.9 Å². The van der Waals surface area contributed by atoms with Crippen molar-refractivity contribution in [3.63, 3.8) is 0 Å². The van der Waals surface area contributed by atoms with Crippen molar-refractivity contribution < 1.29 is 14.5 Å². The third-order valence-corrected chi connectivity index (χ3v) is 2.07. The van der Waals surface area contributed by atoms with Crippen molar-refractivity contribution in [2.24, 2.45) is 0 Å². The minimum atomic E-state index is -0.660. The molecular formula is C10H8N2O4. The largest absolute Gasteiger partial charge is 0.465 e. The monoisotopic (exact) mass is 220 g/mol. The maximum atomic E-state index is 11.3. The molecule has 0 saturated carbocycles. The van der Waals surface area contributed by atoms with Crippen LogP contribution in [0.5, 0.6) is 0 Å². The van der Waals surface area contributed by atoms with Gasteiger partial charge in [-0.25, -0.2) is 4.79 Å². The Labute approximate surface area is 91.2 Å². The number of esters is 1. The third-order valence-electron chi connectivity index (χ3n) is 2.07. The summed E-state index contributed by atoms with van der Waals surface area (Å²) in [5.74, 6) is -0.621. The van der Waals surface area contributed by atoms with Crippen LogP contribution < -0.4 is 0 Å². The van der Waals surface area contributed by atoms with Gasteiger partial charge >= 0.3 is 5.97 Å². The molecule has 0 bridgehead atoms. The summed E-state index contributed by atoms with van der Waals surface area (Å²) < 4.78 is 4.50. The number of nitro benzene ring substituents is 1. The van der Waals surface area contributed by atoms with E-state index in [0.717, 1.165) is 0 Å². The highest BCUT2D eigenvalue weighted by molar-refractivity contribution is 5.92. The number of nitriles is 1. The summed E-state index contributed by atoms with van der Waals surface area (Å²) in [6.45, 7) is 1.54. The molecule has 0 aliphatic heterocycles. The minimum absolute atomic E-state index is 0.156. The number of methoxy groups -OCH3 is 1. The molecule has 0 saturated heterocycles. The second-order valence-electron chi connectivity index (χ2n) is 3.04. The molecule has 0 heterocycles. The van der Waals surface area contributed by atoms with Gasteiger partial charge in [-0.15, -0.1) is 0 Å². The molecule has 6 nitrogen and oxygen atoms in total. The van der Waals surface area contributed by atoms with Gasteiger partial charge in [0, 0.05) is 6.07 Å². The number of hydrogen-bond acceptors (Lipinski definition) is 5. The van der Waals surface area contributed by atoms with Crippen molar-refractivity contribution in [3.8, 4) is 6.07 Å². The van der Waals surface area contributed by atoms with Gasteiger partial charge in [-0.2, -0.15) is 5.26 Å². The summed E-state index contributed by atoms with van der Waals surface area (Å²) in [5.41, 5.74) is 0.0888. The van der Waals surface area contributed by atoms with Gasteiger partial charge in [0.1, 0.15) is 11.6 Å². The molecule has 1 rings (SSSR count). The summed E-state index contributed by atoms with van der Waals surface area (Å²) in [4.78, 5) is 21.2. The van der Waals surface area contributed by atoms with E-state index in [1.807, 2.05) is 0 Å². The maximum absolute atomic E-state index is 11.3. The van der Waals surface area contributed by atoms with Gasteiger partial charge in [-0.3, -0.25) is 10.1 Å². The minimum Gasteiger partial charge on any atom is -0.465 e. The number of aryl methyl sites for hydroxylation is 1. The molecule has 16 heavy (non-hydrogen) atoms. The van der Waals surface area contributed by atoms with Crippen LogP contribution in [0.25, 0.3) is 0 Å². The lowest BCUT2D eigenvalue weighted by molar-refractivity contribution is -0.385. The molecule has 1 aromatic rings. The number of benzene rings is 1. The van der Waals surface area contributed by atoms with Crippen molar-refractivity contribution in [1.82, 2.24) is 0 Å². The fourth-order valence-corrected chi connectivity index (χ4v) is 1.26. The van der Waals surface area contributed by atoms with Crippen LogP contribution in [0.15, 0.2) is 12.1 Å². The highest BCUT2D eigenvalue weighted by Gasteiger charge is 2.19. The molecule has 82 valence electrons. The van der Waals surface area contributed by atoms with Crippen molar-refractivity contribution in [3.05, 3.63) is 38.9 Å². The zero-order chi connectivity index (χ0) is 12.3. The van der Waals surface area contributed by atoms with Crippen LogP contribution >= 0.6 is 0 Å². The molecule has 1 aromatic carbocycles. The Morgan fingerprint density at radius 1 is 1.56 bits per heavy atom. The maximum Gasteiger partial charge on any atom is 0.338 e. The molecule has 0 spiro atoms. The van der Waals surface area contributed by atoms with Gasteiger partial charge in [0.15, 0.2) is 0 Å². The van der Waals surface area contributed by atoms with E-state index in [0.29, 0.717) is 5.56 Å². The van der Waals surface area contributed by atoms with Crippen LogP contribution in [0.1, 0.15) is 21.5 Å². The van der Waals surface area contributed by atoms with Gasteiger partial charge in [-0.05, 0) is 18.6 Å². The van der Waals surface area contributed by atoms with E-state index in [1.165, 1.54) is 19.2 Å². The topological polar surface area (TPSA) is 93.2 Å². The highest BCUT2D eigenvalue weighted by Crippen LogP contribution is 2.23. The summed E-state index contributed by atoms with van der Waals surface area (Å²) in [5, 5.41) is 19.4. The number of nitro groups is 1. The van der Waals surface area contributed by atoms with Crippen LogP contribution in [0.4, 0.5) is 5.69 Å². The average molecular weight is 220 g/mol. The average Bonchev–Trinajstić information content (AvgIpc) is 2.27. The molecule has 0 aliphatic carbocycles. The Morgan fingerprint density at radius 2 is 2.19 bits per heavy atom. The van der Waals surface area contributed by atoms with Crippen LogP contribution in [0, 0.1) is 28.4 Å². The van der Waals surface area contributed by atoms with Crippen molar-refractivity contribution in [2.45, 2.75) is 6.92 Å². The van der Waals surface area contributed by atoms with E-state index in [2.05, 4.69) is 4.74 Å². The first-order valence-corrected chi connectivity index (χ1v) is 4.28. The molecule has 6 heteroatoms. The van der Waals surface area contributed by atoms with Crippen molar-refractivity contribution in [1.29, 1.82) is 5.26 Å². The molecule has 0 N–H and O–H groups in total. The molecule has 0 atom stereocenters. The van der Waals surface area contributed by atoms with Crippen LogP contribution in [-0.4, -0.2) is 18.0 Å². The lowest BCUT2D eigenvalue weighted by Crippen LogP contribution is -2.05. The van der Waals surface area contributed by atoms with Gasteiger partial charge in [0.25, 0.3) is 5.69 Å². The first kappa shape index (κ1) is 11.7. The zero-order valence-electron chi connectivity index (χ0n) is 8.68. The molecule has 0 aromatic heterocycles. The van der Waals surface area contributed by atoms with E-state index >= 15 is 0 Å². The fraction of sp³-hybridized carbons (Fsp3) is 0.200. The molecular weight excluding hydrogens is 212 g/mol. The normalized spacial score (nSPS) is 9.31. The van der Waals surface area contributed by atoms with E-state index in [-0.39, 0.29) is 16.8 Å². The second kappa shape index (κ2) is 4.40. The number of ether oxygens (including phenoxy) is 1. The number of rotatable bonds is 2. The summed E-state index contributed by atoms with van der Waals surface area (Å²) in [6, 6.07) is 4.03. The highest BCUT2D eigenvalue weighted by atomic mass is 16.6. The lowest BCUT2D eigenvalue weighted by Gasteiger charge is -2.04. The van der Waals surface area contributed by atoms with E-state index in [1.54, 1.807) is 13.0 Å². The fourth-order valence-electron chi connectivity index (χ4n) is 1.26. The molecule has 0 amide bonds. The zero-order valence-corrected chi connectivity index (χ0v) is 8.68. The number of carbonyl (C=O) groups excluding carboxylic acids is 1. The van der Waals surface area contributed by atoms with E-state index in [4.69, 9.17) is 5.26 Å². The molecule has 0 unspecified atom stereocenters. The van der Waals surface area contributed by atoms with Gasteiger partial charge in [0.05, 0.1) is 17.6 Å². The van der Waals surface area contributed by atoms with Crippen LogP contribution in [-0.2, 0) is 4.74 Å². The van der Waals surface area contributed by atoms with Crippen LogP contribution in [0.3, 0.4) is 0 Å². The summed E-state index contributed by atoms with van der Waals surface area (Å²) in [6.07, 6.45) is 0. The number of hydrogen-bond donors (Lipinski definition) is 0. The Morgan fingerprint density at radius 3 is 2.62 bits per heavy atom. The number of nitrogens with zero attached hydrogens (tertiary/aromatic N) is 2.